The van der Waals surface area contributed by atoms with Crippen LogP contribution in [0.25, 0.3) is 0 Å². The molecule has 0 aliphatic rings. The normalized spacial score (nSPS) is 12.8. The maximum absolute atomic E-state index is 11.2. The number of hydrogen-bond acceptors (Lipinski definition) is 4. The highest BCUT2D eigenvalue weighted by molar-refractivity contribution is 9.10. The minimum absolute atomic E-state index is 0.0219. The predicted molar refractivity (Wildman–Crippen MR) is 94.6 cm³/mol. The van der Waals surface area contributed by atoms with E-state index in [-0.39, 0.29) is 12.5 Å². The smallest absolute Gasteiger partial charge is 0.264 e. The van der Waals surface area contributed by atoms with Gasteiger partial charge in [0.15, 0.2) is 0 Å². The molecule has 124 valence electrons. The second-order valence-electron chi connectivity index (χ2n) is 5.00. The zero-order valence-electron chi connectivity index (χ0n) is 12.4. The summed E-state index contributed by atoms with van der Waals surface area (Å²) in [5, 5.41) is 0.627. The Morgan fingerprint density at radius 2 is 1.65 bits per heavy atom. The number of benzene rings is 2. The third-order valence-corrected chi connectivity index (χ3v) is 4.43. The van der Waals surface area contributed by atoms with E-state index in [4.69, 9.17) is 20.5 Å². The zero-order valence-corrected chi connectivity index (χ0v) is 15.6. The van der Waals surface area contributed by atoms with E-state index < -0.39 is 10.1 Å². The van der Waals surface area contributed by atoms with Gasteiger partial charge >= 0.3 is 0 Å². The highest BCUT2D eigenvalue weighted by Crippen LogP contribution is 2.22. The molecule has 1 atom stereocenters. The quantitative estimate of drug-likeness (QED) is 0.630. The van der Waals surface area contributed by atoms with Crippen LogP contribution in [0.15, 0.2) is 53.0 Å². The van der Waals surface area contributed by atoms with E-state index >= 15 is 0 Å². The van der Waals surface area contributed by atoms with Gasteiger partial charge in [-0.05, 0) is 42.0 Å². The first-order chi connectivity index (χ1) is 10.8. The van der Waals surface area contributed by atoms with Crippen LogP contribution in [0.5, 0.6) is 5.75 Å². The van der Waals surface area contributed by atoms with Gasteiger partial charge < -0.3 is 4.74 Å². The largest absolute Gasteiger partial charge is 0.493 e. The molecular formula is C16H16BrClO4S. The average Bonchev–Trinajstić information content (AvgIpc) is 2.49. The average molecular weight is 420 g/mol. The van der Waals surface area contributed by atoms with E-state index in [1.54, 1.807) is 24.3 Å². The molecule has 0 spiro atoms. The number of hydrogen-bond donors (Lipinski definition) is 0. The molecule has 7 heteroatoms. The van der Waals surface area contributed by atoms with Gasteiger partial charge in [0.2, 0.25) is 0 Å². The number of ether oxygens (including phenoxy) is 1. The standard InChI is InChI=1S/C16H16BrClO4S/c1-23(19,20)22-11-13(12-2-4-14(17)5-3-12)10-21-16-8-6-15(18)7-9-16/h2-9,13H,10-11H2,1H3/t13-/m1/s1. The van der Waals surface area contributed by atoms with E-state index in [2.05, 4.69) is 15.9 Å². The molecule has 4 nitrogen and oxygen atoms in total. The van der Waals surface area contributed by atoms with Crippen molar-refractivity contribution < 1.29 is 17.3 Å². The van der Waals surface area contributed by atoms with Crippen LogP contribution >= 0.6 is 27.5 Å². The summed E-state index contributed by atoms with van der Waals surface area (Å²) < 4.78 is 34.1. The van der Waals surface area contributed by atoms with Gasteiger partial charge in [0, 0.05) is 15.4 Å². The SMILES string of the molecule is CS(=O)(=O)OC[C@@H](COc1ccc(Cl)cc1)c1ccc(Br)cc1. The van der Waals surface area contributed by atoms with Crippen molar-refractivity contribution in [1.82, 2.24) is 0 Å². The summed E-state index contributed by atoms with van der Waals surface area (Å²) >= 11 is 9.22. The molecule has 0 bridgehead atoms. The fourth-order valence-electron chi connectivity index (χ4n) is 1.91. The van der Waals surface area contributed by atoms with Gasteiger partial charge in [-0.25, -0.2) is 0 Å². The molecule has 0 saturated heterocycles. The Bertz CT molecular complexity index is 730. The fourth-order valence-corrected chi connectivity index (χ4v) is 2.71. The Balaban J connectivity index is 2.09. The van der Waals surface area contributed by atoms with E-state index in [1.807, 2.05) is 24.3 Å². The van der Waals surface area contributed by atoms with Gasteiger partial charge in [0.05, 0.1) is 19.5 Å². The van der Waals surface area contributed by atoms with Crippen LogP contribution in [-0.2, 0) is 14.3 Å². The third-order valence-electron chi connectivity index (χ3n) is 3.09. The van der Waals surface area contributed by atoms with Crippen LogP contribution in [0.1, 0.15) is 11.5 Å². The van der Waals surface area contributed by atoms with Crippen molar-refractivity contribution in [2.45, 2.75) is 5.92 Å². The highest BCUT2D eigenvalue weighted by atomic mass is 79.9. The van der Waals surface area contributed by atoms with Crippen molar-refractivity contribution in [2.75, 3.05) is 19.5 Å². The van der Waals surface area contributed by atoms with Gasteiger partial charge in [-0.2, -0.15) is 8.42 Å². The molecule has 0 unspecified atom stereocenters. The van der Waals surface area contributed by atoms with Gasteiger partial charge in [0.25, 0.3) is 10.1 Å². The molecule has 0 radical (unpaired) electrons. The molecule has 2 aromatic carbocycles. The van der Waals surface area contributed by atoms with Crippen LogP contribution < -0.4 is 4.74 Å². The zero-order chi connectivity index (χ0) is 16.9. The van der Waals surface area contributed by atoms with Crippen molar-refractivity contribution in [2.24, 2.45) is 0 Å². The van der Waals surface area contributed by atoms with Gasteiger partial charge in [-0.3, -0.25) is 4.18 Å². The van der Waals surface area contributed by atoms with Crippen molar-refractivity contribution in [3.05, 3.63) is 63.6 Å². The molecule has 0 heterocycles. The molecule has 0 aliphatic carbocycles. The second-order valence-corrected chi connectivity index (χ2v) is 8.00. The summed E-state index contributed by atoms with van der Waals surface area (Å²) in [6, 6.07) is 14.6. The molecule has 0 aliphatic heterocycles. The summed E-state index contributed by atoms with van der Waals surface area (Å²) in [7, 11) is -3.51. The molecule has 23 heavy (non-hydrogen) atoms. The van der Waals surface area contributed by atoms with Crippen molar-refractivity contribution >= 4 is 37.6 Å². The van der Waals surface area contributed by atoms with Gasteiger partial charge in [0.1, 0.15) is 5.75 Å². The summed E-state index contributed by atoms with van der Waals surface area (Å²) in [5.74, 6) is 0.448. The van der Waals surface area contributed by atoms with E-state index in [0.29, 0.717) is 17.4 Å². The van der Waals surface area contributed by atoms with Crippen LogP contribution in [0, 0.1) is 0 Å². The summed E-state index contributed by atoms with van der Waals surface area (Å²) in [6.07, 6.45) is 1.03. The summed E-state index contributed by atoms with van der Waals surface area (Å²) in [5.41, 5.74) is 0.936. The van der Waals surface area contributed by atoms with Crippen LogP contribution in [-0.4, -0.2) is 27.9 Å². The molecule has 0 saturated carbocycles. The van der Waals surface area contributed by atoms with Crippen molar-refractivity contribution in [3.63, 3.8) is 0 Å². The van der Waals surface area contributed by atoms with E-state index in [1.165, 1.54) is 0 Å². The Labute approximate surface area is 149 Å². The van der Waals surface area contributed by atoms with E-state index in [0.717, 1.165) is 16.3 Å². The molecular weight excluding hydrogens is 404 g/mol. The van der Waals surface area contributed by atoms with Crippen LogP contribution in [0.3, 0.4) is 0 Å². The predicted octanol–water partition coefficient (Wildman–Crippen LogP) is 4.24. The number of halogens is 2. The lowest BCUT2D eigenvalue weighted by atomic mass is 10.0. The highest BCUT2D eigenvalue weighted by Gasteiger charge is 2.16. The fraction of sp³-hybridized carbons (Fsp3) is 0.250. The Morgan fingerprint density at radius 1 is 1.04 bits per heavy atom. The molecule has 0 N–H and O–H groups in total. The Kier molecular flexibility index (Phi) is 6.47. The summed E-state index contributed by atoms with van der Waals surface area (Å²) in [6.45, 7) is 0.312. The molecule has 0 aromatic heterocycles. The topological polar surface area (TPSA) is 52.6 Å². The minimum atomic E-state index is -3.51. The molecule has 2 rings (SSSR count). The lowest BCUT2D eigenvalue weighted by Crippen LogP contribution is -2.18. The van der Waals surface area contributed by atoms with E-state index in [9.17, 15) is 8.42 Å². The maximum atomic E-state index is 11.2. The van der Waals surface area contributed by atoms with Gasteiger partial charge in [-0.1, -0.05) is 39.7 Å². The van der Waals surface area contributed by atoms with Crippen LogP contribution in [0.4, 0.5) is 0 Å². The summed E-state index contributed by atoms with van der Waals surface area (Å²) in [4.78, 5) is 0. The lowest BCUT2D eigenvalue weighted by molar-refractivity contribution is 0.223. The first kappa shape index (κ1) is 18.3. The monoisotopic (exact) mass is 418 g/mol. The number of rotatable bonds is 7. The van der Waals surface area contributed by atoms with Crippen molar-refractivity contribution in [3.8, 4) is 5.75 Å². The third kappa shape index (κ3) is 6.51. The Morgan fingerprint density at radius 3 is 2.22 bits per heavy atom. The Hall–Kier alpha value is -1.08. The lowest BCUT2D eigenvalue weighted by Gasteiger charge is -2.18. The first-order valence-corrected chi connectivity index (χ1v) is 9.80. The van der Waals surface area contributed by atoms with Crippen LogP contribution in [0.2, 0.25) is 5.02 Å². The molecule has 0 amide bonds. The van der Waals surface area contributed by atoms with Gasteiger partial charge in [-0.15, -0.1) is 0 Å². The minimum Gasteiger partial charge on any atom is -0.493 e. The molecule has 2 aromatic rings. The first-order valence-electron chi connectivity index (χ1n) is 6.82. The van der Waals surface area contributed by atoms with Crippen molar-refractivity contribution in [1.29, 1.82) is 0 Å². The second kappa shape index (κ2) is 8.15. The maximum Gasteiger partial charge on any atom is 0.264 e. The molecule has 0 fully saturated rings.